The molecule has 238 valence electrons. The van der Waals surface area contributed by atoms with Crippen molar-refractivity contribution in [3.05, 3.63) is 212 Å². The predicted octanol–water partition coefficient (Wildman–Crippen LogP) is 12.9. The van der Waals surface area contributed by atoms with E-state index in [1.165, 1.54) is 60.9 Å². The molecule has 9 rings (SSSR count). The Morgan fingerprint density at radius 2 is 1.26 bits per heavy atom. The Morgan fingerprint density at radius 3 is 2.06 bits per heavy atom. The lowest BCUT2D eigenvalue weighted by Gasteiger charge is -2.31. The van der Waals surface area contributed by atoms with Crippen LogP contribution in [0.1, 0.15) is 17.9 Å². The summed E-state index contributed by atoms with van der Waals surface area (Å²) in [4.78, 5) is 2.45. The fourth-order valence-electron chi connectivity index (χ4n) is 7.53. The summed E-state index contributed by atoms with van der Waals surface area (Å²) in [7, 11) is 0. The quantitative estimate of drug-likeness (QED) is 0.168. The van der Waals surface area contributed by atoms with Crippen LogP contribution in [0.3, 0.4) is 0 Å². The Morgan fingerprint density at radius 1 is 0.540 bits per heavy atom. The molecule has 0 spiro atoms. The predicted molar refractivity (Wildman–Crippen MR) is 211 cm³/mol. The summed E-state index contributed by atoms with van der Waals surface area (Å²) in [5.41, 5.74) is 12.0. The highest BCUT2D eigenvalue weighted by atomic mass is 15.1. The molecule has 2 heteroatoms. The van der Waals surface area contributed by atoms with Crippen LogP contribution in [0.2, 0.25) is 0 Å². The third kappa shape index (κ3) is 5.41. The Labute approximate surface area is 293 Å². The molecule has 0 amide bonds. The molecule has 8 aromatic rings. The number of allylic oxidation sites excluding steroid dienone is 3. The molecule has 1 aliphatic carbocycles. The molecule has 0 fully saturated rings. The van der Waals surface area contributed by atoms with Crippen LogP contribution in [0.25, 0.3) is 49.6 Å². The van der Waals surface area contributed by atoms with E-state index in [4.69, 9.17) is 0 Å². The summed E-state index contributed by atoms with van der Waals surface area (Å²) in [5, 5.41) is 3.69. The van der Waals surface area contributed by atoms with Crippen LogP contribution in [0.15, 0.2) is 206 Å². The zero-order valence-corrected chi connectivity index (χ0v) is 27.7. The van der Waals surface area contributed by atoms with Crippen molar-refractivity contribution >= 4 is 33.1 Å². The molecule has 0 N–H and O–H groups in total. The first-order chi connectivity index (χ1) is 24.8. The number of anilines is 2. The third-order valence-corrected chi connectivity index (χ3v) is 9.98. The number of hydrogen-bond acceptors (Lipinski definition) is 1. The van der Waals surface area contributed by atoms with Gasteiger partial charge < -0.3 is 9.47 Å². The summed E-state index contributed by atoms with van der Waals surface area (Å²) >= 11 is 0. The van der Waals surface area contributed by atoms with E-state index in [9.17, 15) is 0 Å². The molecular weight excluding hydrogens is 605 g/mol. The van der Waals surface area contributed by atoms with Gasteiger partial charge in [-0.25, -0.2) is 0 Å². The average molecular weight is 641 g/mol. The van der Waals surface area contributed by atoms with E-state index in [1.54, 1.807) is 0 Å². The lowest BCUT2D eigenvalue weighted by Crippen LogP contribution is -2.18. The SMILES string of the molecule is C1=CC(c2ccccc2)CC=C1N(c1ccc(-c2cccc3c2ccn3-c2ccccc2)c(-c2ccccc2)c1)c1cccc2ccccc12. The summed E-state index contributed by atoms with van der Waals surface area (Å²) < 4.78 is 2.28. The molecule has 1 atom stereocenters. The van der Waals surface area contributed by atoms with Gasteiger partial charge in [0.2, 0.25) is 0 Å². The van der Waals surface area contributed by atoms with Crippen molar-refractivity contribution in [2.24, 2.45) is 0 Å². The van der Waals surface area contributed by atoms with Gasteiger partial charge in [0.25, 0.3) is 0 Å². The molecule has 1 heterocycles. The van der Waals surface area contributed by atoms with Gasteiger partial charge >= 0.3 is 0 Å². The molecule has 1 unspecified atom stereocenters. The molecule has 0 saturated heterocycles. The second-order valence-electron chi connectivity index (χ2n) is 12.9. The fourth-order valence-corrected chi connectivity index (χ4v) is 7.53. The van der Waals surface area contributed by atoms with Gasteiger partial charge in [-0.05, 0) is 88.2 Å². The summed E-state index contributed by atoms with van der Waals surface area (Å²) in [5.74, 6) is 0.361. The zero-order valence-electron chi connectivity index (χ0n) is 27.7. The van der Waals surface area contributed by atoms with Gasteiger partial charge in [0.1, 0.15) is 0 Å². The van der Waals surface area contributed by atoms with Crippen LogP contribution < -0.4 is 4.90 Å². The van der Waals surface area contributed by atoms with E-state index in [1.807, 2.05) is 0 Å². The minimum Gasteiger partial charge on any atom is -0.317 e. The van der Waals surface area contributed by atoms with Crippen LogP contribution in [-0.2, 0) is 0 Å². The summed E-state index contributed by atoms with van der Waals surface area (Å²) in [6.07, 6.45) is 10.2. The molecule has 7 aromatic carbocycles. The van der Waals surface area contributed by atoms with Gasteiger partial charge in [0, 0.05) is 40.0 Å². The Balaban J connectivity index is 1.22. The van der Waals surface area contributed by atoms with Crippen LogP contribution in [0.5, 0.6) is 0 Å². The number of para-hydroxylation sites is 1. The summed E-state index contributed by atoms with van der Waals surface area (Å²) in [6, 6.07) is 63.5. The van der Waals surface area contributed by atoms with E-state index in [-0.39, 0.29) is 0 Å². The number of benzene rings is 7. The molecule has 1 aromatic heterocycles. The first-order valence-corrected chi connectivity index (χ1v) is 17.4. The van der Waals surface area contributed by atoms with Crippen molar-refractivity contribution in [2.45, 2.75) is 12.3 Å². The first kappa shape index (κ1) is 29.7. The average Bonchev–Trinajstić information content (AvgIpc) is 3.64. The maximum Gasteiger partial charge on any atom is 0.0539 e. The van der Waals surface area contributed by atoms with Gasteiger partial charge in [-0.2, -0.15) is 0 Å². The van der Waals surface area contributed by atoms with Crippen molar-refractivity contribution in [2.75, 3.05) is 4.90 Å². The Hall–Kier alpha value is -6.38. The summed E-state index contributed by atoms with van der Waals surface area (Å²) in [6.45, 7) is 0. The van der Waals surface area contributed by atoms with Gasteiger partial charge in [-0.1, -0.05) is 146 Å². The number of nitrogens with zero attached hydrogens (tertiary/aromatic N) is 2. The Kier molecular flexibility index (Phi) is 7.68. The number of aromatic nitrogens is 1. The number of hydrogen-bond donors (Lipinski definition) is 0. The van der Waals surface area contributed by atoms with E-state index >= 15 is 0 Å². The third-order valence-electron chi connectivity index (χ3n) is 9.98. The highest BCUT2D eigenvalue weighted by molar-refractivity contribution is 6.02. The van der Waals surface area contributed by atoms with Crippen molar-refractivity contribution in [1.82, 2.24) is 4.57 Å². The second kappa shape index (κ2) is 12.9. The number of rotatable bonds is 7. The lowest BCUT2D eigenvalue weighted by molar-refractivity contribution is 0.840. The normalized spacial score (nSPS) is 14.2. The van der Waals surface area contributed by atoms with Crippen LogP contribution >= 0.6 is 0 Å². The van der Waals surface area contributed by atoms with Crippen LogP contribution in [0, 0.1) is 0 Å². The van der Waals surface area contributed by atoms with Gasteiger partial charge in [0.05, 0.1) is 11.2 Å². The van der Waals surface area contributed by atoms with Gasteiger partial charge in [-0.15, -0.1) is 0 Å². The minimum atomic E-state index is 0.361. The van der Waals surface area contributed by atoms with Crippen molar-refractivity contribution < 1.29 is 0 Å². The minimum absolute atomic E-state index is 0.361. The van der Waals surface area contributed by atoms with E-state index in [0.29, 0.717) is 5.92 Å². The standard InChI is InChI=1S/C48H36N2/c1-4-14-35(15-5-1)36-26-28-40(29-27-36)50(48-25-12-19-37-18-10-11-22-42(37)48)41-30-31-44(46(34-41)38-16-6-2-7-17-38)43-23-13-24-47-45(43)32-33-49(47)39-20-8-3-9-21-39/h1-26,28-34,36H,27H2. The molecule has 0 bridgehead atoms. The number of fused-ring (bicyclic) bond motifs is 2. The van der Waals surface area contributed by atoms with Gasteiger partial charge in [0.15, 0.2) is 0 Å². The molecule has 1 aliphatic rings. The van der Waals surface area contributed by atoms with Gasteiger partial charge in [-0.3, -0.25) is 0 Å². The maximum absolute atomic E-state index is 2.45. The molecular formula is C48H36N2. The van der Waals surface area contributed by atoms with Crippen molar-refractivity contribution in [1.29, 1.82) is 0 Å². The smallest absolute Gasteiger partial charge is 0.0539 e. The maximum atomic E-state index is 2.45. The Bertz CT molecular complexity index is 2500. The lowest BCUT2D eigenvalue weighted by atomic mass is 9.90. The van der Waals surface area contributed by atoms with Crippen LogP contribution in [-0.4, -0.2) is 4.57 Å². The molecule has 0 saturated carbocycles. The fraction of sp³-hybridized carbons (Fsp3) is 0.0417. The van der Waals surface area contributed by atoms with Crippen molar-refractivity contribution in [3.8, 4) is 27.9 Å². The highest BCUT2D eigenvalue weighted by Crippen LogP contribution is 2.43. The highest BCUT2D eigenvalue weighted by Gasteiger charge is 2.22. The zero-order chi connectivity index (χ0) is 33.3. The topological polar surface area (TPSA) is 8.17 Å². The molecule has 0 radical (unpaired) electrons. The largest absolute Gasteiger partial charge is 0.317 e. The molecule has 2 nitrogen and oxygen atoms in total. The van der Waals surface area contributed by atoms with E-state index < -0.39 is 0 Å². The van der Waals surface area contributed by atoms with Crippen molar-refractivity contribution in [3.63, 3.8) is 0 Å². The van der Waals surface area contributed by atoms with Crippen LogP contribution in [0.4, 0.5) is 11.4 Å². The molecule has 50 heavy (non-hydrogen) atoms. The monoisotopic (exact) mass is 640 g/mol. The first-order valence-electron chi connectivity index (χ1n) is 17.4. The second-order valence-corrected chi connectivity index (χ2v) is 12.9. The van der Waals surface area contributed by atoms with E-state index in [2.05, 4.69) is 210 Å². The van der Waals surface area contributed by atoms with E-state index in [0.717, 1.165) is 17.8 Å². The molecule has 0 aliphatic heterocycles.